The van der Waals surface area contributed by atoms with Gasteiger partial charge in [0, 0.05) is 12.6 Å². The van der Waals surface area contributed by atoms with Crippen molar-refractivity contribution in [2.24, 2.45) is 0 Å². The summed E-state index contributed by atoms with van der Waals surface area (Å²) in [6.07, 6.45) is -0.765. The number of benzene rings is 1. The number of rotatable bonds is 7. The molecular formula is C14H21NO4. The molecule has 2 N–H and O–H groups in total. The number of methoxy groups -OCH3 is 2. The highest BCUT2D eigenvalue weighted by Gasteiger charge is 2.17. The molecule has 0 fully saturated rings. The van der Waals surface area contributed by atoms with Crippen LogP contribution in [0.4, 0.5) is 0 Å². The van der Waals surface area contributed by atoms with Crippen LogP contribution in [-0.2, 0) is 16.1 Å². The molecule has 2 atom stereocenters. The maximum Gasteiger partial charge on any atom is 0.308 e. The van der Waals surface area contributed by atoms with E-state index < -0.39 is 12.1 Å². The van der Waals surface area contributed by atoms with Gasteiger partial charge in [0.2, 0.25) is 0 Å². The van der Waals surface area contributed by atoms with Gasteiger partial charge in [0.15, 0.2) is 0 Å². The Morgan fingerprint density at radius 3 is 2.47 bits per heavy atom. The van der Waals surface area contributed by atoms with Crippen LogP contribution in [0, 0.1) is 0 Å². The molecule has 0 saturated heterocycles. The molecule has 0 aliphatic rings. The number of nitrogens with one attached hydrogen (secondary N) is 1. The maximum atomic E-state index is 11.0. The zero-order valence-electron chi connectivity index (χ0n) is 11.6. The highest BCUT2D eigenvalue weighted by molar-refractivity contribution is 5.69. The number of ether oxygens (including phenoxy) is 2. The summed E-state index contributed by atoms with van der Waals surface area (Å²) in [6, 6.07) is 7.47. The Morgan fingerprint density at radius 2 is 1.95 bits per heavy atom. The summed E-state index contributed by atoms with van der Waals surface area (Å²) in [7, 11) is 2.93. The van der Waals surface area contributed by atoms with Gasteiger partial charge < -0.3 is 19.9 Å². The second kappa shape index (κ2) is 7.76. The predicted octanol–water partition coefficient (Wildman–Crippen LogP) is 1.10. The van der Waals surface area contributed by atoms with Crippen LogP contribution in [0.15, 0.2) is 24.3 Å². The van der Waals surface area contributed by atoms with E-state index in [4.69, 9.17) is 4.74 Å². The van der Waals surface area contributed by atoms with E-state index >= 15 is 0 Å². The lowest BCUT2D eigenvalue weighted by Crippen LogP contribution is -2.38. The normalized spacial score (nSPS) is 13.7. The van der Waals surface area contributed by atoms with Crippen LogP contribution in [0.5, 0.6) is 5.75 Å². The molecule has 0 aromatic heterocycles. The van der Waals surface area contributed by atoms with Crippen molar-refractivity contribution >= 4 is 5.97 Å². The molecule has 1 aromatic carbocycles. The third kappa shape index (κ3) is 5.28. The molecule has 0 bridgehead atoms. The van der Waals surface area contributed by atoms with E-state index in [1.807, 2.05) is 31.2 Å². The fraction of sp³-hybridized carbons (Fsp3) is 0.500. The van der Waals surface area contributed by atoms with E-state index in [-0.39, 0.29) is 12.5 Å². The second-order valence-electron chi connectivity index (χ2n) is 4.37. The molecule has 19 heavy (non-hydrogen) atoms. The monoisotopic (exact) mass is 267 g/mol. The average molecular weight is 267 g/mol. The van der Waals surface area contributed by atoms with Crippen molar-refractivity contribution in [3.8, 4) is 5.75 Å². The summed E-state index contributed by atoms with van der Waals surface area (Å²) >= 11 is 0. The third-order valence-electron chi connectivity index (χ3n) is 2.97. The van der Waals surface area contributed by atoms with Crippen molar-refractivity contribution in [2.45, 2.75) is 32.0 Å². The lowest BCUT2D eigenvalue weighted by molar-refractivity contribution is -0.143. The summed E-state index contributed by atoms with van der Waals surface area (Å²) in [5.41, 5.74) is 1.08. The van der Waals surface area contributed by atoms with Crippen LogP contribution in [0.2, 0.25) is 0 Å². The van der Waals surface area contributed by atoms with Crippen molar-refractivity contribution in [1.82, 2.24) is 5.32 Å². The molecule has 5 heteroatoms. The minimum atomic E-state index is -0.759. The predicted molar refractivity (Wildman–Crippen MR) is 71.9 cm³/mol. The van der Waals surface area contributed by atoms with Gasteiger partial charge in [-0.2, -0.15) is 0 Å². The first-order valence-electron chi connectivity index (χ1n) is 6.18. The number of esters is 1. The van der Waals surface area contributed by atoms with Gasteiger partial charge in [-0.25, -0.2) is 0 Å². The molecule has 0 radical (unpaired) electrons. The first kappa shape index (κ1) is 15.5. The second-order valence-corrected chi connectivity index (χ2v) is 4.37. The van der Waals surface area contributed by atoms with Crippen molar-refractivity contribution < 1.29 is 19.4 Å². The third-order valence-corrected chi connectivity index (χ3v) is 2.97. The van der Waals surface area contributed by atoms with E-state index in [1.165, 1.54) is 7.11 Å². The Balaban J connectivity index is 2.40. The Kier molecular flexibility index (Phi) is 6.32. The smallest absolute Gasteiger partial charge is 0.308 e. The Hall–Kier alpha value is -1.59. The quantitative estimate of drug-likeness (QED) is 0.724. The Morgan fingerprint density at radius 1 is 1.32 bits per heavy atom. The van der Waals surface area contributed by atoms with Crippen LogP contribution in [0.3, 0.4) is 0 Å². The Bertz CT molecular complexity index is 391. The number of hydrogen-bond acceptors (Lipinski definition) is 5. The molecule has 0 spiro atoms. The van der Waals surface area contributed by atoms with Gasteiger partial charge in [0.05, 0.1) is 26.7 Å². The topological polar surface area (TPSA) is 67.8 Å². The van der Waals surface area contributed by atoms with Crippen LogP contribution in [0.25, 0.3) is 0 Å². The maximum absolute atomic E-state index is 11.0. The van der Waals surface area contributed by atoms with Crippen LogP contribution in [-0.4, -0.2) is 37.4 Å². The molecule has 0 amide bonds. The zero-order valence-corrected chi connectivity index (χ0v) is 11.6. The fourth-order valence-electron chi connectivity index (χ4n) is 1.59. The molecule has 5 nitrogen and oxygen atoms in total. The van der Waals surface area contributed by atoms with Crippen molar-refractivity contribution in [3.05, 3.63) is 29.8 Å². The fourth-order valence-corrected chi connectivity index (χ4v) is 1.59. The van der Waals surface area contributed by atoms with Crippen LogP contribution >= 0.6 is 0 Å². The molecule has 0 aliphatic carbocycles. The highest BCUT2D eigenvalue weighted by Crippen LogP contribution is 2.11. The van der Waals surface area contributed by atoms with E-state index in [9.17, 15) is 9.90 Å². The Labute approximate surface area is 113 Å². The molecule has 0 aliphatic heterocycles. The zero-order chi connectivity index (χ0) is 14.3. The molecule has 1 aromatic rings. The van der Waals surface area contributed by atoms with Crippen LogP contribution < -0.4 is 10.1 Å². The summed E-state index contributed by atoms with van der Waals surface area (Å²) in [6.45, 7) is 2.44. The number of carbonyl (C=O) groups is 1. The van der Waals surface area contributed by atoms with Gasteiger partial charge in [-0.3, -0.25) is 4.79 Å². The van der Waals surface area contributed by atoms with E-state index in [0.717, 1.165) is 11.3 Å². The largest absolute Gasteiger partial charge is 0.497 e. The molecule has 0 heterocycles. The lowest BCUT2D eigenvalue weighted by Gasteiger charge is -2.19. The van der Waals surface area contributed by atoms with E-state index in [0.29, 0.717) is 6.54 Å². The van der Waals surface area contributed by atoms with Gasteiger partial charge in [0.1, 0.15) is 5.75 Å². The standard InChI is InChI=1S/C14H21NO4/c1-10(13(16)8-14(17)19-3)15-9-11-4-6-12(18-2)7-5-11/h4-7,10,13,15-16H,8-9H2,1-3H3/t10-,13?/m0/s1. The van der Waals surface area contributed by atoms with Gasteiger partial charge in [-0.1, -0.05) is 12.1 Å². The number of hydrogen-bond donors (Lipinski definition) is 2. The summed E-state index contributed by atoms with van der Waals surface area (Å²) in [4.78, 5) is 11.0. The van der Waals surface area contributed by atoms with Gasteiger partial charge in [-0.05, 0) is 24.6 Å². The average Bonchev–Trinajstić information content (AvgIpc) is 2.44. The first-order chi connectivity index (χ1) is 9.06. The van der Waals surface area contributed by atoms with Crippen LogP contribution in [0.1, 0.15) is 18.9 Å². The van der Waals surface area contributed by atoms with Crippen molar-refractivity contribution in [3.63, 3.8) is 0 Å². The minimum Gasteiger partial charge on any atom is -0.497 e. The molecule has 106 valence electrons. The SMILES string of the molecule is COC(=O)CC(O)[C@H](C)NCc1ccc(OC)cc1. The van der Waals surface area contributed by atoms with E-state index in [2.05, 4.69) is 10.1 Å². The molecule has 1 unspecified atom stereocenters. The number of carbonyl (C=O) groups excluding carboxylic acids is 1. The first-order valence-corrected chi connectivity index (χ1v) is 6.18. The number of aliphatic hydroxyl groups excluding tert-OH is 1. The van der Waals surface area contributed by atoms with Gasteiger partial charge >= 0.3 is 5.97 Å². The van der Waals surface area contributed by atoms with E-state index in [1.54, 1.807) is 7.11 Å². The molecular weight excluding hydrogens is 246 g/mol. The number of aliphatic hydroxyl groups is 1. The summed E-state index contributed by atoms with van der Waals surface area (Å²) in [5, 5.41) is 13.0. The summed E-state index contributed by atoms with van der Waals surface area (Å²) in [5.74, 6) is 0.396. The minimum absolute atomic E-state index is 0.00667. The van der Waals surface area contributed by atoms with Crippen molar-refractivity contribution in [1.29, 1.82) is 0 Å². The van der Waals surface area contributed by atoms with Gasteiger partial charge in [-0.15, -0.1) is 0 Å². The highest BCUT2D eigenvalue weighted by atomic mass is 16.5. The lowest BCUT2D eigenvalue weighted by atomic mass is 10.1. The molecule has 0 saturated carbocycles. The van der Waals surface area contributed by atoms with Crippen molar-refractivity contribution in [2.75, 3.05) is 14.2 Å². The molecule has 1 rings (SSSR count). The van der Waals surface area contributed by atoms with Gasteiger partial charge in [0.25, 0.3) is 0 Å². The summed E-state index contributed by atoms with van der Waals surface area (Å²) < 4.78 is 9.60.